The number of carbonyl (C=O) groups excluding carboxylic acids is 3. The minimum Gasteiger partial charge on any atom is -0.462 e. The van der Waals surface area contributed by atoms with Crippen LogP contribution in [-0.2, 0) is 28.6 Å². The molecule has 6 nitrogen and oxygen atoms in total. The maximum atomic E-state index is 12.7. The van der Waals surface area contributed by atoms with E-state index in [1.54, 1.807) is 0 Å². The zero-order valence-corrected chi connectivity index (χ0v) is 36.1. The Morgan fingerprint density at radius 3 is 1.23 bits per heavy atom. The number of ether oxygens (including phenoxy) is 3. The average Bonchev–Trinajstić information content (AvgIpc) is 3.19. The molecule has 0 aromatic heterocycles. The molecular weight excluding hydrogens is 697 g/mol. The van der Waals surface area contributed by atoms with Gasteiger partial charge >= 0.3 is 17.9 Å². The van der Waals surface area contributed by atoms with E-state index in [2.05, 4.69) is 81.5 Å². The predicted molar refractivity (Wildman–Crippen MR) is 237 cm³/mol. The lowest BCUT2D eigenvalue weighted by Gasteiger charge is -2.18. The third-order valence-corrected chi connectivity index (χ3v) is 9.23. The summed E-state index contributed by atoms with van der Waals surface area (Å²) in [6.07, 6.45) is 55.6. The van der Waals surface area contributed by atoms with Crippen molar-refractivity contribution in [2.24, 2.45) is 0 Å². The number of unbranched alkanes of at least 4 members (excludes halogenated alkanes) is 18. The lowest BCUT2D eigenvalue weighted by atomic mass is 10.1. The SMILES string of the molecule is CC\C=C/C=C\C=C/C=C\CCCCCCCC(=O)OCC(COC(=O)CCCCC/C=C\C=C/CCCC)OC(=O)CCCCCCC/C=C\CCCCC. The number of carbonyl (C=O) groups is 3. The first-order chi connectivity index (χ1) is 27.5. The van der Waals surface area contributed by atoms with Gasteiger partial charge in [0.15, 0.2) is 6.10 Å². The van der Waals surface area contributed by atoms with E-state index in [1.165, 1.54) is 44.9 Å². The van der Waals surface area contributed by atoms with Crippen molar-refractivity contribution in [1.82, 2.24) is 0 Å². The average molecular weight is 779 g/mol. The minimum absolute atomic E-state index is 0.102. The number of hydrogen-bond acceptors (Lipinski definition) is 6. The fourth-order valence-corrected chi connectivity index (χ4v) is 5.77. The quantitative estimate of drug-likeness (QED) is 0.0203. The molecule has 0 aliphatic rings. The van der Waals surface area contributed by atoms with Crippen molar-refractivity contribution < 1.29 is 28.6 Å². The van der Waals surface area contributed by atoms with Crippen LogP contribution < -0.4 is 0 Å². The summed E-state index contributed by atoms with van der Waals surface area (Å²) in [6.45, 7) is 6.34. The zero-order valence-electron chi connectivity index (χ0n) is 36.1. The van der Waals surface area contributed by atoms with Crippen LogP contribution in [0.1, 0.15) is 194 Å². The van der Waals surface area contributed by atoms with Crippen LogP contribution in [0.25, 0.3) is 0 Å². The summed E-state index contributed by atoms with van der Waals surface area (Å²) in [7, 11) is 0. The third kappa shape index (κ3) is 41.7. The second-order valence-corrected chi connectivity index (χ2v) is 14.7. The van der Waals surface area contributed by atoms with Gasteiger partial charge in [0.1, 0.15) is 13.2 Å². The smallest absolute Gasteiger partial charge is 0.306 e. The molecule has 0 heterocycles. The Balaban J connectivity index is 4.48. The van der Waals surface area contributed by atoms with E-state index in [0.29, 0.717) is 19.3 Å². The van der Waals surface area contributed by atoms with E-state index < -0.39 is 6.10 Å². The van der Waals surface area contributed by atoms with Crippen molar-refractivity contribution >= 4 is 17.9 Å². The highest BCUT2D eigenvalue weighted by molar-refractivity contribution is 5.71. The van der Waals surface area contributed by atoms with Crippen LogP contribution in [-0.4, -0.2) is 37.2 Å². The maximum Gasteiger partial charge on any atom is 0.306 e. The van der Waals surface area contributed by atoms with Crippen LogP contribution in [0.3, 0.4) is 0 Å². The molecule has 1 atom stereocenters. The standard InChI is InChI=1S/C50H82O6/c1-4-7-10-13-16-19-22-24-25-26-29-31-34-37-40-43-49(52)55-46-47(45-54-48(51)42-39-36-33-30-27-21-18-15-12-9-6-3)56-50(53)44-41-38-35-32-28-23-20-17-14-11-8-5-2/h7,10,13,15-22,24-25,27,47H,4-6,8-9,11-12,14,23,26,28-46H2,1-3H3/b10-7-,16-13-,18-15-,20-17-,22-19-,25-24-,27-21-. The minimum atomic E-state index is -0.799. The van der Waals surface area contributed by atoms with Gasteiger partial charge < -0.3 is 14.2 Å². The molecular formula is C50H82O6. The molecule has 0 radical (unpaired) electrons. The molecule has 0 saturated carbocycles. The summed E-state index contributed by atoms with van der Waals surface area (Å²) >= 11 is 0. The molecule has 0 rings (SSSR count). The van der Waals surface area contributed by atoms with Crippen LogP contribution >= 0.6 is 0 Å². The molecule has 0 aliphatic heterocycles. The summed E-state index contributed by atoms with van der Waals surface area (Å²) in [5.74, 6) is -0.970. The molecule has 1 unspecified atom stereocenters. The van der Waals surface area contributed by atoms with Crippen LogP contribution in [0.5, 0.6) is 0 Å². The Kier molecular flexibility index (Phi) is 41.6. The first kappa shape index (κ1) is 52.6. The Hall–Kier alpha value is -3.41. The monoisotopic (exact) mass is 779 g/mol. The van der Waals surface area contributed by atoms with Gasteiger partial charge in [-0.3, -0.25) is 14.4 Å². The summed E-state index contributed by atoms with van der Waals surface area (Å²) in [5, 5.41) is 0. The van der Waals surface area contributed by atoms with Gasteiger partial charge in [0.2, 0.25) is 0 Å². The Labute approximate surface area is 344 Å². The number of esters is 3. The van der Waals surface area contributed by atoms with Crippen LogP contribution in [0, 0.1) is 0 Å². The van der Waals surface area contributed by atoms with Gasteiger partial charge in [-0.2, -0.15) is 0 Å². The fourth-order valence-electron chi connectivity index (χ4n) is 5.77. The van der Waals surface area contributed by atoms with Crippen molar-refractivity contribution in [2.45, 2.75) is 200 Å². The third-order valence-electron chi connectivity index (χ3n) is 9.23. The van der Waals surface area contributed by atoms with E-state index in [4.69, 9.17) is 14.2 Å². The molecule has 56 heavy (non-hydrogen) atoms. The summed E-state index contributed by atoms with van der Waals surface area (Å²) in [4.78, 5) is 37.7. The first-order valence-electron chi connectivity index (χ1n) is 22.7. The second-order valence-electron chi connectivity index (χ2n) is 14.7. The highest BCUT2D eigenvalue weighted by atomic mass is 16.6. The summed E-state index contributed by atoms with van der Waals surface area (Å²) < 4.78 is 16.6. The Morgan fingerprint density at radius 2 is 0.732 bits per heavy atom. The maximum absolute atomic E-state index is 12.7. The van der Waals surface area contributed by atoms with E-state index in [1.807, 2.05) is 24.3 Å². The van der Waals surface area contributed by atoms with Gasteiger partial charge in [-0.05, 0) is 83.5 Å². The Bertz CT molecular complexity index is 1120. The molecule has 0 fully saturated rings. The fraction of sp³-hybridized carbons (Fsp3) is 0.660. The van der Waals surface area contributed by atoms with Gasteiger partial charge in [-0.1, -0.05) is 176 Å². The van der Waals surface area contributed by atoms with Crippen molar-refractivity contribution in [3.63, 3.8) is 0 Å². The number of rotatable bonds is 39. The highest BCUT2D eigenvalue weighted by Gasteiger charge is 2.19. The molecule has 0 N–H and O–H groups in total. The van der Waals surface area contributed by atoms with Gasteiger partial charge in [-0.15, -0.1) is 0 Å². The first-order valence-corrected chi connectivity index (χ1v) is 22.7. The molecule has 0 bridgehead atoms. The second kappa shape index (κ2) is 44.3. The molecule has 6 heteroatoms. The normalized spacial score (nSPS) is 12.8. The highest BCUT2D eigenvalue weighted by Crippen LogP contribution is 2.12. The molecule has 0 spiro atoms. The van der Waals surface area contributed by atoms with Crippen LogP contribution in [0.4, 0.5) is 0 Å². The molecule has 0 saturated heterocycles. The van der Waals surface area contributed by atoms with Crippen molar-refractivity contribution in [3.8, 4) is 0 Å². The van der Waals surface area contributed by atoms with Crippen LogP contribution in [0.15, 0.2) is 85.1 Å². The van der Waals surface area contributed by atoms with Gasteiger partial charge in [0, 0.05) is 19.3 Å². The van der Waals surface area contributed by atoms with Gasteiger partial charge in [0.25, 0.3) is 0 Å². The number of allylic oxidation sites excluding steroid dienone is 14. The van der Waals surface area contributed by atoms with Gasteiger partial charge in [-0.25, -0.2) is 0 Å². The lowest BCUT2D eigenvalue weighted by molar-refractivity contribution is -0.167. The zero-order chi connectivity index (χ0) is 40.8. The van der Waals surface area contributed by atoms with Crippen molar-refractivity contribution in [1.29, 1.82) is 0 Å². The van der Waals surface area contributed by atoms with Crippen LogP contribution in [0.2, 0.25) is 0 Å². The van der Waals surface area contributed by atoms with E-state index >= 15 is 0 Å². The number of hydrogen-bond donors (Lipinski definition) is 0. The predicted octanol–water partition coefficient (Wildman–Crippen LogP) is 14.5. The van der Waals surface area contributed by atoms with Gasteiger partial charge in [0.05, 0.1) is 0 Å². The van der Waals surface area contributed by atoms with E-state index in [0.717, 1.165) is 109 Å². The molecule has 318 valence electrons. The van der Waals surface area contributed by atoms with Crippen molar-refractivity contribution in [2.75, 3.05) is 13.2 Å². The van der Waals surface area contributed by atoms with E-state index in [9.17, 15) is 14.4 Å². The summed E-state index contributed by atoms with van der Waals surface area (Å²) in [6, 6.07) is 0. The molecule has 0 amide bonds. The summed E-state index contributed by atoms with van der Waals surface area (Å²) in [5.41, 5.74) is 0. The molecule has 0 aromatic carbocycles. The lowest BCUT2D eigenvalue weighted by Crippen LogP contribution is -2.30. The van der Waals surface area contributed by atoms with E-state index in [-0.39, 0.29) is 31.1 Å². The molecule has 0 aromatic rings. The Morgan fingerprint density at radius 1 is 0.375 bits per heavy atom. The largest absolute Gasteiger partial charge is 0.462 e. The molecule has 0 aliphatic carbocycles. The van der Waals surface area contributed by atoms with Crippen molar-refractivity contribution in [3.05, 3.63) is 85.1 Å². The topological polar surface area (TPSA) is 78.9 Å².